The molecule has 4 nitrogen and oxygen atoms in total. The Morgan fingerprint density at radius 2 is 1.63 bits per heavy atom. The Morgan fingerprint density at radius 1 is 1.11 bits per heavy atom. The van der Waals surface area contributed by atoms with Gasteiger partial charge in [-0.1, -0.05) is 32.1 Å². The van der Waals surface area contributed by atoms with Crippen LogP contribution < -0.4 is 0 Å². The molecule has 1 aliphatic rings. The Kier molecular flexibility index (Phi) is 6.89. The predicted molar refractivity (Wildman–Crippen MR) is 74.9 cm³/mol. The number of carbonyl (C=O) groups excluding carboxylic acids is 1. The number of nitrogens with zero attached hydrogens (tertiary/aromatic N) is 1. The summed E-state index contributed by atoms with van der Waals surface area (Å²) in [6.07, 6.45) is 7.96. The lowest BCUT2D eigenvalue weighted by atomic mass is 9.90. The van der Waals surface area contributed by atoms with Crippen LogP contribution in [0.5, 0.6) is 0 Å². The summed E-state index contributed by atoms with van der Waals surface area (Å²) >= 11 is 0. The van der Waals surface area contributed by atoms with Gasteiger partial charge in [0.25, 0.3) is 0 Å². The molecule has 0 unspecified atom stereocenters. The number of aliphatic carboxylic acids is 1. The average Bonchev–Trinajstić information content (AvgIpc) is 2.27. The fraction of sp³-hybridized carbons (Fsp3) is 0.867. The third kappa shape index (κ3) is 5.62. The zero-order chi connectivity index (χ0) is 14.3. The number of carboxylic acid groups (broad SMARTS) is 1. The Morgan fingerprint density at radius 3 is 2.11 bits per heavy atom. The minimum Gasteiger partial charge on any atom is -0.481 e. The third-order valence-electron chi connectivity index (χ3n) is 3.93. The van der Waals surface area contributed by atoms with E-state index in [2.05, 4.69) is 0 Å². The predicted octanol–water partition coefficient (Wildman–Crippen LogP) is 3.06. The Labute approximate surface area is 116 Å². The largest absolute Gasteiger partial charge is 0.481 e. The van der Waals surface area contributed by atoms with Gasteiger partial charge in [-0.2, -0.15) is 0 Å². The summed E-state index contributed by atoms with van der Waals surface area (Å²) in [5.74, 6) is -0.564. The van der Waals surface area contributed by atoms with Crippen LogP contribution in [0.25, 0.3) is 0 Å². The van der Waals surface area contributed by atoms with E-state index in [9.17, 15) is 9.59 Å². The van der Waals surface area contributed by atoms with Crippen LogP contribution in [0.3, 0.4) is 0 Å². The highest BCUT2D eigenvalue weighted by molar-refractivity contribution is 5.79. The van der Waals surface area contributed by atoms with E-state index in [1.165, 1.54) is 19.3 Å². The summed E-state index contributed by atoms with van der Waals surface area (Å²) in [5, 5.41) is 8.78. The molecule has 1 amide bonds. The van der Waals surface area contributed by atoms with Gasteiger partial charge in [-0.05, 0) is 26.7 Å². The lowest BCUT2D eigenvalue weighted by molar-refractivity contribution is -0.141. The fourth-order valence-electron chi connectivity index (χ4n) is 2.78. The van der Waals surface area contributed by atoms with Gasteiger partial charge in [0, 0.05) is 18.5 Å². The maximum atomic E-state index is 12.6. The third-order valence-corrected chi connectivity index (χ3v) is 3.93. The van der Waals surface area contributed by atoms with Crippen LogP contribution >= 0.6 is 0 Å². The van der Waals surface area contributed by atoms with Crippen LogP contribution in [-0.4, -0.2) is 34.5 Å². The van der Waals surface area contributed by atoms with Crippen molar-refractivity contribution < 1.29 is 14.7 Å². The fourth-order valence-corrected chi connectivity index (χ4v) is 2.78. The summed E-state index contributed by atoms with van der Waals surface area (Å²) in [6, 6.07) is 0.0808. The first-order chi connectivity index (χ1) is 9.02. The number of rotatable bonds is 5. The molecule has 0 aromatic heterocycles. The molecular weight excluding hydrogens is 242 g/mol. The second-order valence-corrected chi connectivity index (χ2v) is 5.81. The number of hydrogen-bond acceptors (Lipinski definition) is 2. The Hall–Kier alpha value is -1.06. The lowest BCUT2D eigenvalue weighted by Gasteiger charge is -2.31. The molecule has 1 fully saturated rings. The Bertz CT molecular complexity index is 294. The quantitative estimate of drug-likeness (QED) is 0.834. The molecule has 1 aliphatic carbocycles. The monoisotopic (exact) mass is 269 g/mol. The van der Waals surface area contributed by atoms with Gasteiger partial charge in [-0.3, -0.25) is 9.59 Å². The highest BCUT2D eigenvalue weighted by Crippen LogP contribution is 2.24. The van der Waals surface area contributed by atoms with E-state index in [1.54, 1.807) is 4.90 Å². The van der Waals surface area contributed by atoms with Crippen LogP contribution in [0.1, 0.15) is 65.2 Å². The van der Waals surface area contributed by atoms with Crippen LogP contribution in [0.4, 0.5) is 0 Å². The van der Waals surface area contributed by atoms with Gasteiger partial charge in [0.05, 0.1) is 6.42 Å². The highest BCUT2D eigenvalue weighted by atomic mass is 16.4. The summed E-state index contributed by atoms with van der Waals surface area (Å²) in [4.78, 5) is 25.0. The zero-order valence-electron chi connectivity index (χ0n) is 12.2. The van der Waals surface area contributed by atoms with Crippen molar-refractivity contribution in [3.05, 3.63) is 0 Å². The van der Waals surface area contributed by atoms with Crippen molar-refractivity contribution in [1.29, 1.82) is 0 Å². The summed E-state index contributed by atoms with van der Waals surface area (Å²) in [6.45, 7) is 4.26. The lowest BCUT2D eigenvalue weighted by Crippen LogP contribution is -2.42. The van der Waals surface area contributed by atoms with Crippen LogP contribution in [0.2, 0.25) is 0 Å². The first-order valence-corrected chi connectivity index (χ1v) is 7.54. The SMILES string of the molecule is CC(C)N(CCC(=O)O)C(=O)C1CCCCCCC1. The molecule has 19 heavy (non-hydrogen) atoms. The van der Waals surface area contributed by atoms with E-state index in [-0.39, 0.29) is 24.3 Å². The first-order valence-electron chi connectivity index (χ1n) is 7.54. The van der Waals surface area contributed by atoms with Crippen LogP contribution in [-0.2, 0) is 9.59 Å². The van der Waals surface area contributed by atoms with Gasteiger partial charge in [-0.25, -0.2) is 0 Å². The van der Waals surface area contributed by atoms with Crippen molar-refractivity contribution in [2.75, 3.05) is 6.54 Å². The molecule has 0 heterocycles. The van der Waals surface area contributed by atoms with E-state index in [0.29, 0.717) is 6.54 Å². The second-order valence-electron chi connectivity index (χ2n) is 5.81. The van der Waals surface area contributed by atoms with Gasteiger partial charge >= 0.3 is 5.97 Å². The highest BCUT2D eigenvalue weighted by Gasteiger charge is 2.26. The van der Waals surface area contributed by atoms with Gasteiger partial charge in [-0.15, -0.1) is 0 Å². The minimum atomic E-state index is -0.837. The smallest absolute Gasteiger partial charge is 0.305 e. The standard InChI is InChI=1S/C15H27NO3/c1-12(2)16(11-10-14(17)18)15(19)13-8-6-4-3-5-7-9-13/h12-13H,3-11H2,1-2H3,(H,17,18). The molecule has 0 aromatic carbocycles. The van der Waals surface area contributed by atoms with E-state index < -0.39 is 5.97 Å². The van der Waals surface area contributed by atoms with E-state index in [4.69, 9.17) is 5.11 Å². The minimum absolute atomic E-state index is 0.0383. The molecule has 1 saturated carbocycles. The maximum Gasteiger partial charge on any atom is 0.305 e. The molecule has 1 N–H and O–H groups in total. The van der Waals surface area contributed by atoms with Crippen LogP contribution in [0.15, 0.2) is 0 Å². The molecule has 0 atom stereocenters. The normalized spacial score (nSPS) is 17.8. The number of carboxylic acids is 1. The van der Waals surface area contributed by atoms with Gasteiger partial charge in [0.2, 0.25) is 5.91 Å². The molecule has 0 radical (unpaired) electrons. The molecule has 4 heteroatoms. The molecular formula is C15H27NO3. The maximum absolute atomic E-state index is 12.6. The van der Waals surface area contributed by atoms with Crippen LogP contribution in [0, 0.1) is 5.92 Å². The van der Waals surface area contributed by atoms with Crippen molar-refractivity contribution in [1.82, 2.24) is 4.90 Å². The van der Waals surface area contributed by atoms with Gasteiger partial charge in [0.15, 0.2) is 0 Å². The Balaban J connectivity index is 2.59. The molecule has 0 aliphatic heterocycles. The number of hydrogen-bond donors (Lipinski definition) is 1. The molecule has 0 saturated heterocycles. The van der Waals surface area contributed by atoms with E-state index in [1.807, 2.05) is 13.8 Å². The van der Waals surface area contributed by atoms with Crippen molar-refractivity contribution in [2.45, 2.75) is 71.3 Å². The topological polar surface area (TPSA) is 57.6 Å². The number of carbonyl (C=O) groups is 2. The van der Waals surface area contributed by atoms with E-state index >= 15 is 0 Å². The molecule has 1 rings (SSSR count). The van der Waals surface area contributed by atoms with Crippen molar-refractivity contribution in [3.63, 3.8) is 0 Å². The number of amides is 1. The summed E-state index contributed by atoms with van der Waals surface area (Å²) in [5.41, 5.74) is 0. The van der Waals surface area contributed by atoms with Crippen molar-refractivity contribution in [2.24, 2.45) is 5.92 Å². The average molecular weight is 269 g/mol. The van der Waals surface area contributed by atoms with Crippen molar-refractivity contribution in [3.8, 4) is 0 Å². The van der Waals surface area contributed by atoms with Gasteiger partial charge < -0.3 is 10.0 Å². The summed E-state index contributed by atoms with van der Waals surface area (Å²) < 4.78 is 0. The van der Waals surface area contributed by atoms with E-state index in [0.717, 1.165) is 25.7 Å². The molecule has 0 spiro atoms. The first kappa shape index (κ1) is 16.0. The molecule has 110 valence electrons. The van der Waals surface area contributed by atoms with Crippen molar-refractivity contribution >= 4 is 11.9 Å². The summed E-state index contributed by atoms with van der Waals surface area (Å²) in [7, 11) is 0. The molecule has 0 bridgehead atoms. The second kappa shape index (κ2) is 8.18. The molecule has 0 aromatic rings. The zero-order valence-corrected chi connectivity index (χ0v) is 12.2. The van der Waals surface area contributed by atoms with Gasteiger partial charge in [0.1, 0.15) is 0 Å².